The van der Waals surface area contributed by atoms with E-state index in [1.807, 2.05) is 0 Å². The summed E-state index contributed by atoms with van der Waals surface area (Å²) in [6.45, 7) is 13.6. The van der Waals surface area contributed by atoms with Gasteiger partial charge in [0.25, 0.3) is 0 Å². The average Bonchev–Trinajstić information content (AvgIpc) is 3.21. The minimum atomic E-state index is 0.269. The summed E-state index contributed by atoms with van der Waals surface area (Å²) in [6.07, 6.45) is 9.50. The highest BCUT2D eigenvalue weighted by Crippen LogP contribution is 2.29. The van der Waals surface area contributed by atoms with E-state index in [0.717, 1.165) is 6.42 Å². The molecule has 0 amide bonds. The second-order valence-electron chi connectivity index (χ2n) is 9.86. The van der Waals surface area contributed by atoms with Gasteiger partial charge < -0.3 is 0 Å². The predicted octanol–water partition coefficient (Wildman–Crippen LogP) is 7.03. The first-order valence-electron chi connectivity index (χ1n) is 10.1. The molecule has 0 saturated carbocycles. The van der Waals surface area contributed by atoms with Gasteiger partial charge in [-0.2, -0.15) is 0 Å². The number of allylic oxidation sites excluding steroid dienone is 1. The summed E-state index contributed by atoms with van der Waals surface area (Å²) >= 11 is 0. The van der Waals surface area contributed by atoms with Crippen LogP contribution in [-0.4, -0.2) is 0 Å². The van der Waals surface area contributed by atoms with Gasteiger partial charge in [-0.05, 0) is 69.9 Å². The van der Waals surface area contributed by atoms with Crippen LogP contribution in [0.25, 0.3) is 6.08 Å². The first kappa shape index (κ1) is 19.0. The van der Waals surface area contributed by atoms with Crippen LogP contribution in [0.4, 0.5) is 0 Å². The number of hydrogen-bond donors (Lipinski definition) is 0. The predicted molar refractivity (Wildman–Crippen MR) is 115 cm³/mol. The molecular formula is C26H34. The summed E-state index contributed by atoms with van der Waals surface area (Å²) in [5, 5.41) is 0. The smallest absolute Gasteiger partial charge is 0.00882 e. The molecule has 2 aliphatic rings. The van der Waals surface area contributed by atoms with Crippen molar-refractivity contribution < 1.29 is 0 Å². The van der Waals surface area contributed by atoms with E-state index >= 15 is 0 Å². The Hall–Kier alpha value is -1.82. The Kier molecular flexibility index (Phi) is 5.15. The van der Waals surface area contributed by atoms with Gasteiger partial charge in [0.1, 0.15) is 0 Å². The van der Waals surface area contributed by atoms with Crippen molar-refractivity contribution in [2.75, 3.05) is 0 Å². The van der Waals surface area contributed by atoms with Crippen LogP contribution < -0.4 is 0 Å². The molecule has 0 N–H and O–H groups in total. The van der Waals surface area contributed by atoms with Crippen LogP contribution in [0.5, 0.6) is 0 Å². The summed E-state index contributed by atoms with van der Waals surface area (Å²) in [7, 11) is 0. The Labute approximate surface area is 160 Å². The van der Waals surface area contributed by atoms with E-state index in [1.165, 1.54) is 41.5 Å². The fourth-order valence-corrected chi connectivity index (χ4v) is 3.75. The molecule has 2 aromatic carbocycles. The fraction of sp³-hybridized carbons (Fsp3) is 0.462. The van der Waals surface area contributed by atoms with Gasteiger partial charge in [0.2, 0.25) is 0 Å². The van der Waals surface area contributed by atoms with Crippen LogP contribution in [0.3, 0.4) is 0 Å². The Morgan fingerprint density at radius 2 is 1.23 bits per heavy atom. The maximum Gasteiger partial charge on any atom is -0.00882 e. The van der Waals surface area contributed by atoms with Crippen LogP contribution in [0, 0.1) is 0 Å². The SMILES string of the molecule is CC(C)(C)c1ccc2c(c1)C=CC2.CC(C)(C)c1ccc2c(c1)CCC2. The molecule has 0 heteroatoms. The third-order valence-corrected chi connectivity index (χ3v) is 5.61. The summed E-state index contributed by atoms with van der Waals surface area (Å²) in [6, 6.07) is 13.9. The summed E-state index contributed by atoms with van der Waals surface area (Å²) in [5.74, 6) is 0. The maximum atomic E-state index is 2.41. The lowest BCUT2D eigenvalue weighted by molar-refractivity contribution is 0.589. The molecule has 26 heavy (non-hydrogen) atoms. The zero-order valence-electron chi connectivity index (χ0n) is 17.4. The molecule has 0 atom stereocenters. The van der Waals surface area contributed by atoms with E-state index < -0.39 is 0 Å². The average molecular weight is 347 g/mol. The van der Waals surface area contributed by atoms with Crippen molar-refractivity contribution in [1.82, 2.24) is 0 Å². The molecule has 0 bridgehead atoms. The monoisotopic (exact) mass is 346 g/mol. The standard InChI is InChI=1S/C13H18.C13H16/c2*1-13(2,3)12-8-7-10-5-4-6-11(10)9-12/h7-9H,4-6H2,1-3H3;4,6-9H,5H2,1-3H3. The van der Waals surface area contributed by atoms with E-state index in [1.54, 1.807) is 11.1 Å². The van der Waals surface area contributed by atoms with Crippen molar-refractivity contribution in [3.05, 3.63) is 75.9 Å². The van der Waals surface area contributed by atoms with Crippen LogP contribution in [-0.2, 0) is 30.1 Å². The number of fused-ring (bicyclic) bond motifs is 2. The first-order valence-corrected chi connectivity index (χ1v) is 10.1. The minimum Gasteiger partial charge on any atom is -0.0795 e. The zero-order chi connectivity index (χ0) is 18.9. The quantitative estimate of drug-likeness (QED) is 0.480. The lowest BCUT2D eigenvalue weighted by atomic mass is 9.85. The molecule has 0 nitrogen and oxygen atoms in total. The Morgan fingerprint density at radius 3 is 1.88 bits per heavy atom. The number of aryl methyl sites for hydroxylation is 2. The van der Waals surface area contributed by atoms with Gasteiger partial charge in [-0.25, -0.2) is 0 Å². The van der Waals surface area contributed by atoms with Gasteiger partial charge in [0, 0.05) is 0 Å². The van der Waals surface area contributed by atoms with Crippen LogP contribution in [0.15, 0.2) is 42.5 Å². The van der Waals surface area contributed by atoms with Crippen molar-refractivity contribution in [3.8, 4) is 0 Å². The summed E-state index contributed by atoms with van der Waals surface area (Å²) in [5.41, 5.74) is 9.52. The van der Waals surface area contributed by atoms with Crippen molar-refractivity contribution in [2.45, 2.75) is 78.1 Å². The van der Waals surface area contributed by atoms with Crippen LogP contribution in [0.1, 0.15) is 81.3 Å². The highest BCUT2D eigenvalue weighted by molar-refractivity contribution is 5.61. The van der Waals surface area contributed by atoms with Gasteiger partial charge in [0.05, 0.1) is 0 Å². The molecule has 0 heterocycles. The van der Waals surface area contributed by atoms with Gasteiger partial charge in [-0.15, -0.1) is 0 Å². The number of hydrogen-bond acceptors (Lipinski definition) is 0. The van der Waals surface area contributed by atoms with Gasteiger partial charge in [-0.3, -0.25) is 0 Å². The highest BCUT2D eigenvalue weighted by Gasteiger charge is 2.17. The topological polar surface area (TPSA) is 0 Å². The Bertz CT molecular complexity index is 801. The zero-order valence-corrected chi connectivity index (χ0v) is 17.4. The largest absolute Gasteiger partial charge is 0.0795 e. The van der Waals surface area contributed by atoms with E-state index in [4.69, 9.17) is 0 Å². The van der Waals surface area contributed by atoms with Crippen LogP contribution in [0.2, 0.25) is 0 Å². The van der Waals surface area contributed by atoms with Crippen molar-refractivity contribution >= 4 is 6.08 Å². The Balaban J connectivity index is 0.000000151. The van der Waals surface area contributed by atoms with E-state index in [0.29, 0.717) is 5.41 Å². The molecule has 0 radical (unpaired) electrons. The highest BCUT2D eigenvalue weighted by atomic mass is 14.2. The molecule has 0 unspecified atom stereocenters. The first-order chi connectivity index (χ1) is 12.1. The third kappa shape index (κ3) is 4.29. The van der Waals surface area contributed by atoms with Gasteiger partial charge in [-0.1, -0.05) is 90.1 Å². The summed E-state index contributed by atoms with van der Waals surface area (Å²) in [4.78, 5) is 0. The molecule has 0 spiro atoms. The normalized spacial score (nSPS) is 15.3. The van der Waals surface area contributed by atoms with Gasteiger partial charge >= 0.3 is 0 Å². The van der Waals surface area contributed by atoms with Gasteiger partial charge in [0.15, 0.2) is 0 Å². The van der Waals surface area contributed by atoms with Crippen molar-refractivity contribution in [1.29, 1.82) is 0 Å². The molecule has 4 rings (SSSR count). The second kappa shape index (κ2) is 7.06. The number of rotatable bonds is 0. The third-order valence-electron chi connectivity index (χ3n) is 5.61. The summed E-state index contributed by atoms with van der Waals surface area (Å²) < 4.78 is 0. The molecule has 0 saturated heterocycles. The lowest BCUT2D eigenvalue weighted by Gasteiger charge is -2.19. The van der Waals surface area contributed by atoms with E-state index in [2.05, 4.69) is 90.1 Å². The maximum absolute atomic E-state index is 2.41. The Morgan fingerprint density at radius 1 is 0.654 bits per heavy atom. The molecular weight excluding hydrogens is 312 g/mol. The molecule has 0 fully saturated rings. The molecule has 138 valence electrons. The second-order valence-corrected chi connectivity index (χ2v) is 9.86. The molecule has 2 aromatic rings. The molecule has 0 aromatic heterocycles. The van der Waals surface area contributed by atoms with Crippen LogP contribution >= 0.6 is 0 Å². The minimum absolute atomic E-state index is 0.269. The number of benzene rings is 2. The lowest BCUT2D eigenvalue weighted by Crippen LogP contribution is -2.11. The molecule has 2 aliphatic carbocycles. The van der Waals surface area contributed by atoms with Crippen molar-refractivity contribution in [2.24, 2.45) is 0 Å². The van der Waals surface area contributed by atoms with Crippen molar-refractivity contribution in [3.63, 3.8) is 0 Å². The fourth-order valence-electron chi connectivity index (χ4n) is 3.75. The van der Waals surface area contributed by atoms with E-state index in [9.17, 15) is 0 Å². The van der Waals surface area contributed by atoms with E-state index in [-0.39, 0.29) is 5.41 Å². The molecule has 0 aliphatic heterocycles.